The van der Waals surface area contributed by atoms with Gasteiger partial charge in [-0.05, 0) is 12.1 Å². The molecule has 2 rings (SSSR count). The molecule has 0 aliphatic rings. The Kier molecular flexibility index (Phi) is 3.41. The van der Waals surface area contributed by atoms with E-state index in [0.29, 0.717) is 10.8 Å². The van der Waals surface area contributed by atoms with Crippen molar-refractivity contribution >= 4 is 33.3 Å². The molecule has 82 valence electrons. The van der Waals surface area contributed by atoms with Crippen molar-refractivity contribution in [2.45, 2.75) is 0 Å². The Morgan fingerprint density at radius 2 is 2.00 bits per heavy atom. The Morgan fingerprint density at radius 1 is 1.25 bits per heavy atom. The minimum atomic E-state index is 0.645. The average Bonchev–Trinajstić information content (AvgIpc) is 2.29. The normalized spacial score (nSPS) is 10.2. The molecule has 16 heavy (non-hydrogen) atoms. The first kappa shape index (κ1) is 11.4. The Hall–Kier alpha value is -1.13. The summed E-state index contributed by atoms with van der Waals surface area (Å²) in [7, 11) is 1.81. The van der Waals surface area contributed by atoms with Crippen molar-refractivity contribution in [3.63, 3.8) is 0 Å². The predicted molar refractivity (Wildman–Crippen MR) is 69.7 cm³/mol. The van der Waals surface area contributed by atoms with E-state index >= 15 is 0 Å². The molecular weight excluding hydrogens is 289 g/mol. The van der Waals surface area contributed by atoms with E-state index in [0.717, 1.165) is 15.7 Å². The Labute approximate surface area is 107 Å². The van der Waals surface area contributed by atoms with E-state index in [-0.39, 0.29) is 0 Å². The van der Waals surface area contributed by atoms with Gasteiger partial charge in [0.25, 0.3) is 0 Å². The summed E-state index contributed by atoms with van der Waals surface area (Å²) in [6.45, 7) is 0. The first-order valence-corrected chi connectivity index (χ1v) is 5.83. The van der Waals surface area contributed by atoms with Crippen molar-refractivity contribution in [2.75, 3.05) is 12.4 Å². The van der Waals surface area contributed by atoms with Crippen LogP contribution in [-0.2, 0) is 0 Å². The van der Waals surface area contributed by atoms with Gasteiger partial charge >= 0.3 is 0 Å². The molecular formula is C11H9BrClN3. The molecule has 1 aromatic heterocycles. The van der Waals surface area contributed by atoms with Crippen LogP contribution in [0, 0.1) is 0 Å². The zero-order valence-corrected chi connectivity index (χ0v) is 10.9. The van der Waals surface area contributed by atoms with Gasteiger partial charge in [-0.2, -0.15) is 0 Å². The lowest BCUT2D eigenvalue weighted by Crippen LogP contribution is -1.97. The lowest BCUT2D eigenvalue weighted by atomic mass is 10.1. The highest BCUT2D eigenvalue weighted by molar-refractivity contribution is 9.10. The number of hydrogen-bond acceptors (Lipinski definition) is 3. The van der Waals surface area contributed by atoms with Crippen LogP contribution < -0.4 is 5.32 Å². The quantitative estimate of drug-likeness (QED) is 0.920. The molecule has 3 nitrogen and oxygen atoms in total. The van der Waals surface area contributed by atoms with Gasteiger partial charge in [0.2, 0.25) is 0 Å². The van der Waals surface area contributed by atoms with Gasteiger partial charge in [-0.3, -0.25) is 4.98 Å². The summed E-state index contributed by atoms with van der Waals surface area (Å²) in [6.07, 6.45) is 3.29. The Balaban J connectivity index is 2.58. The lowest BCUT2D eigenvalue weighted by Gasteiger charge is -2.08. The molecule has 2 aromatic rings. The van der Waals surface area contributed by atoms with Gasteiger partial charge in [-0.15, -0.1) is 0 Å². The van der Waals surface area contributed by atoms with E-state index in [4.69, 9.17) is 11.6 Å². The van der Waals surface area contributed by atoms with Gasteiger partial charge in [0.1, 0.15) is 5.69 Å². The van der Waals surface area contributed by atoms with Crippen molar-refractivity contribution in [3.8, 4) is 11.3 Å². The van der Waals surface area contributed by atoms with Crippen LogP contribution in [-0.4, -0.2) is 17.0 Å². The molecule has 1 heterocycles. The topological polar surface area (TPSA) is 37.8 Å². The maximum atomic E-state index is 6.17. The molecule has 1 aromatic carbocycles. The molecule has 0 amide bonds. The van der Waals surface area contributed by atoms with Gasteiger partial charge in [0.15, 0.2) is 5.82 Å². The van der Waals surface area contributed by atoms with Crippen molar-refractivity contribution in [3.05, 3.63) is 40.1 Å². The smallest absolute Gasteiger partial charge is 0.152 e. The first-order chi connectivity index (χ1) is 7.72. The van der Waals surface area contributed by atoms with E-state index < -0.39 is 0 Å². The molecule has 0 saturated carbocycles. The zero-order chi connectivity index (χ0) is 11.5. The molecule has 0 radical (unpaired) electrons. The highest BCUT2D eigenvalue weighted by atomic mass is 79.9. The van der Waals surface area contributed by atoms with Gasteiger partial charge < -0.3 is 5.32 Å². The minimum absolute atomic E-state index is 0.645. The highest BCUT2D eigenvalue weighted by Crippen LogP contribution is 2.32. The third-order valence-corrected chi connectivity index (χ3v) is 2.93. The van der Waals surface area contributed by atoms with Gasteiger partial charge in [0, 0.05) is 29.5 Å². The Bertz CT molecular complexity index is 516. The minimum Gasteiger partial charge on any atom is -0.371 e. The number of rotatable bonds is 2. The second kappa shape index (κ2) is 4.80. The summed E-state index contributed by atoms with van der Waals surface area (Å²) in [4.78, 5) is 8.48. The third-order valence-electron chi connectivity index (χ3n) is 2.12. The molecule has 0 spiro atoms. The van der Waals surface area contributed by atoms with Crippen LogP contribution >= 0.6 is 27.5 Å². The van der Waals surface area contributed by atoms with Crippen LogP contribution in [0.4, 0.5) is 5.82 Å². The fourth-order valence-electron chi connectivity index (χ4n) is 1.40. The lowest BCUT2D eigenvalue weighted by molar-refractivity contribution is 1.19. The van der Waals surface area contributed by atoms with Crippen molar-refractivity contribution in [2.24, 2.45) is 0 Å². The molecule has 0 atom stereocenters. The number of benzene rings is 1. The molecule has 0 bridgehead atoms. The molecule has 5 heteroatoms. The van der Waals surface area contributed by atoms with Crippen molar-refractivity contribution in [1.82, 2.24) is 9.97 Å². The van der Waals surface area contributed by atoms with Crippen molar-refractivity contribution in [1.29, 1.82) is 0 Å². The number of hydrogen-bond donors (Lipinski definition) is 1. The van der Waals surface area contributed by atoms with E-state index in [9.17, 15) is 0 Å². The fourth-order valence-corrected chi connectivity index (χ4v) is 2.16. The van der Waals surface area contributed by atoms with Crippen LogP contribution in [0.15, 0.2) is 35.1 Å². The van der Waals surface area contributed by atoms with Crippen LogP contribution in [0.1, 0.15) is 0 Å². The van der Waals surface area contributed by atoms with E-state index in [1.807, 2.05) is 18.2 Å². The van der Waals surface area contributed by atoms with Crippen LogP contribution in [0.5, 0.6) is 0 Å². The molecule has 0 fully saturated rings. The van der Waals surface area contributed by atoms with Gasteiger partial charge in [0.05, 0.1) is 5.02 Å². The van der Waals surface area contributed by atoms with Crippen molar-refractivity contribution < 1.29 is 0 Å². The molecule has 0 aliphatic carbocycles. The zero-order valence-electron chi connectivity index (χ0n) is 8.54. The summed E-state index contributed by atoms with van der Waals surface area (Å²) in [6, 6.07) is 5.68. The molecule has 0 unspecified atom stereocenters. The molecule has 0 saturated heterocycles. The summed E-state index contributed by atoms with van der Waals surface area (Å²) in [5, 5.41) is 3.64. The van der Waals surface area contributed by atoms with Crippen LogP contribution in [0.3, 0.4) is 0 Å². The van der Waals surface area contributed by atoms with E-state index in [1.165, 1.54) is 0 Å². The summed E-state index contributed by atoms with van der Waals surface area (Å²) in [5.41, 5.74) is 1.62. The maximum Gasteiger partial charge on any atom is 0.152 e. The fraction of sp³-hybridized carbons (Fsp3) is 0.0909. The van der Waals surface area contributed by atoms with Crippen LogP contribution in [0.25, 0.3) is 11.3 Å². The SMILES string of the molecule is CNc1nccnc1-c1ccc(Br)cc1Cl. The summed E-state index contributed by atoms with van der Waals surface area (Å²) >= 11 is 9.54. The second-order valence-electron chi connectivity index (χ2n) is 3.13. The predicted octanol–water partition coefficient (Wildman–Crippen LogP) is 3.60. The number of nitrogens with zero attached hydrogens (tertiary/aromatic N) is 2. The maximum absolute atomic E-state index is 6.17. The summed E-state index contributed by atoms with van der Waals surface area (Å²) < 4.78 is 0.941. The van der Waals surface area contributed by atoms with Gasteiger partial charge in [-0.25, -0.2) is 4.98 Å². The second-order valence-corrected chi connectivity index (χ2v) is 4.45. The standard InChI is InChI=1S/C11H9BrClN3/c1-14-11-10(15-4-5-16-11)8-3-2-7(12)6-9(8)13/h2-6H,1H3,(H,14,16). The average molecular weight is 299 g/mol. The number of aromatic nitrogens is 2. The largest absolute Gasteiger partial charge is 0.371 e. The van der Waals surface area contributed by atoms with E-state index in [2.05, 4.69) is 31.2 Å². The Morgan fingerprint density at radius 3 is 2.69 bits per heavy atom. The van der Waals surface area contributed by atoms with Crippen LogP contribution in [0.2, 0.25) is 5.02 Å². The monoisotopic (exact) mass is 297 g/mol. The summed E-state index contributed by atoms with van der Waals surface area (Å²) in [5.74, 6) is 0.715. The molecule has 1 N–H and O–H groups in total. The number of halogens is 2. The number of anilines is 1. The van der Waals surface area contributed by atoms with Gasteiger partial charge in [-0.1, -0.05) is 33.6 Å². The molecule has 0 aliphatic heterocycles. The highest BCUT2D eigenvalue weighted by Gasteiger charge is 2.10. The first-order valence-electron chi connectivity index (χ1n) is 4.66. The van der Waals surface area contributed by atoms with E-state index in [1.54, 1.807) is 19.4 Å². The number of nitrogens with one attached hydrogen (secondary N) is 1. The third kappa shape index (κ3) is 2.18.